The minimum atomic E-state index is -0.106. The first-order valence-corrected chi connectivity index (χ1v) is 7.57. The number of halogens is 1. The summed E-state index contributed by atoms with van der Waals surface area (Å²) in [6.45, 7) is 0.419. The highest BCUT2D eigenvalue weighted by atomic mass is 35.5. The Morgan fingerprint density at radius 3 is 2.83 bits per heavy atom. The van der Waals surface area contributed by atoms with Crippen molar-refractivity contribution in [2.75, 3.05) is 0 Å². The van der Waals surface area contributed by atoms with E-state index in [2.05, 4.69) is 9.97 Å². The fourth-order valence-corrected chi connectivity index (χ4v) is 2.89. The second-order valence-corrected chi connectivity index (χ2v) is 5.77. The van der Waals surface area contributed by atoms with E-state index in [0.717, 1.165) is 16.5 Å². The number of pyridine rings is 1. The van der Waals surface area contributed by atoms with Crippen molar-refractivity contribution in [2.24, 2.45) is 0 Å². The molecule has 23 heavy (non-hydrogen) atoms. The summed E-state index contributed by atoms with van der Waals surface area (Å²) in [5.41, 5.74) is 2.42. The predicted octanol–water partition coefficient (Wildman–Crippen LogP) is 3.65. The van der Waals surface area contributed by atoms with Crippen LogP contribution < -0.4 is 5.56 Å². The van der Waals surface area contributed by atoms with Gasteiger partial charge in [0.15, 0.2) is 0 Å². The maximum absolute atomic E-state index is 12.7. The molecule has 0 saturated heterocycles. The third-order valence-corrected chi connectivity index (χ3v) is 4.08. The van der Waals surface area contributed by atoms with Gasteiger partial charge in [0.2, 0.25) is 0 Å². The molecule has 2 aromatic carbocycles. The lowest BCUT2D eigenvalue weighted by Gasteiger charge is -2.09. The SMILES string of the molecule is O=c1c2cc(Cl)ccc2ncn1Cc1cccc2cccnc12. The quantitative estimate of drug-likeness (QED) is 0.566. The van der Waals surface area contributed by atoms with Gasteiger partial charge in [-0.25, -0.2) is 4.98 Å². The van der Waals surface area contributed by atoms with E-state index in [4.69, 9.17) is 11.6 Å². The monoisotopic (exact) mass is 321 g/mol. The van der Waals surface area contributed by atoms with Gasteiger partial charge in [0.05, 0.1) is 29.3 Å². The Morgan fingerprint density at radius 1 is 1.04 bits per heavy atom. The Bertz CT molecular complexity index is 1080. The number of hydrogen-bond acceptors (Lipinski definition) is 3. The molecule has 0 aliphatic heterocycles. The van der Waals surface area contributed by atoms with Gasteiger partial charge < -0.3 is 0 Å². The highest BCUT2D eigenvalue weighted by Gasteiger charge is 2.08. The summed E-state index contributed by atoms with van der Waals surface area (Å²) in [5, 5.41) is 2.10. The molecule has 0 saturated carbocycles. The normalized spacial score (nSPS) is 11.2. The first-order chi connectivity index (χ1) is 11.2. The lowest BCUT2D eigenvalue weighted by atomic mass is 10.1. The van der Waals surface area contributed by atoms with Crippen LogP contribution in [0.15, 0.2) is 65.8 Å². The van der Waals surface area contributed by atoms with Crippen LogP contribution in [0.4, 0.5) is 0 Å². The average molecular weight is 322 g/mol. The molecule has 0 atom stereocenters. The largest absolute Gasteiger partial charge is 0.294 e. The fraction of sp³-hybridized carbons (Fsp3) is 0.0556. The van der Waals surface area contributed by atoms with Crippen molar-refractivity contribution in [1.29, 1.82) is 0 Å². The van der Waals surface area contributed by atoms with Crippen LogP contribution in [0.3, 0.4) is 0 Å². The van der Waals surface area contributed by atoms with Gasteiger partial charge in [-0.2, -0.15) is 0 Å². The van der Waals surface area contributed by atoms with Gasteiger partial charge in [0.25, 0.3) is 5.56 Å². The van der Waals surface area contributed by atoms with E-state index in [1.54, 1.807) is 35.3 Å². The fourth-order valence-electron chi connectivity index (χ4n) is 2.72. The molecule has 4 nitrogen and oxygen atoms in total. The molecule has 0 aliphatic rings. The zero-order chi connectivity index (χ0) is 15.8. The summed E-state index contributed by atoms with van der Waals surface area (Å²) in [6, 6.07) is 15.0. The number of fused-ring (bicyclic) bond motifs is 2. The summed E-state index contributed by atoms with van der Waals surface area (Å²) in [7, 11) is 0. The minimum Gasteiger partial charge on any atom is -0.294 e. The molecular formula is C18H12ClN3O. The van der Waals surface area contributed by atoms with Crippen molar-refractivity contribution in [3.63, 3.8) is 0 Å². The summed E-state index contributed by atoms with van der Waals surface area (Å²) in [5.74, 6) is 0. The molecule has 0 amide bonds. The van der Waals surface area contributed by atoms with E-state index in [1.165, 1.54) is 0 Å². The van der Waals surface area contributed by atoms with Crippen LogP contribution in [0.1, 0.15) is 5.56 Å². The first kappa shape index (κ1) is 13.9. The molecule has 2 aromatic heterocycles. The summed E-state index contributed by atoms with van der Waals surface area (Å²) < 4.78 is 1.59. The van der Waals surface area contributed by atoms with E-state index < -0.39 is 0 Å². The summed E-state index contributed by atoms with van der Waals surface area (Å²) in [4.78, 5) is 21.4. The van der Waals surface area contributed by atoms with Crippen LogP contribution in [0.2, 0.25) is 5.02 Å². The van der Waals surface area contributed by atoms with E-state index in [1.807, 2.05) is 30.3 Å². The molecular weight excluding hydrogens is 310 g/mol. The standard InChI is InChI=1S/C18H12ClN3O/c19-14-6-7-16-15(9-14)18(23)22(11-21-16)10-13-4-1-3-12-5-2-8-20-17(12)13/h1-9,11H,10H2. The number of para-hydroxylation sites is 1. The van der Waals surface area contributed by atoms with Gasteiger partial charge >= 0.3 is 0 Å². The van der Waals surface area contributed by atoms with E-state index >= 15 is 0 Å². The van der Waals surface area contributed by atoms with Gasteiger partial charge in [0, 0.05) is 16.6 Å². The number of nitrogens with zero attached hydrogens (tertiary/aromatic N) is 3. The number of rotatable bonds is 2. The van der Waals surface area contributed by atoms with Crippen molar-refractivity contribution in [1.82, 2.24) is 14.5 Å². The van der Waals surface area contributed by atoms with E-state index in [9.17, 15) is 4.79 Å². The second-order valence-electron chi connectivity index (χ2n) is 5.33. The molecule has 112 valence electrons. The van der Waals surface area contributed by atoms with Crippen molar-refractivity contribution in [3.8, 4) is 0 Å². The summed E-state index contributed by atoms with van der Waals surface area (Å²) >= 11 is 6.00. The Morgan fingerprint density at radius 2 is 1.91 bits per heavy atom. The lowest BCUT2D eigenvalue weighted by molar-refractivity contribution is 0.751. The van der Waals surface area contributed by atoms with E-state index in [0.29, 0.717) is 22.5 Å². The topological polar surface area (TPSA) is 47.8 Å². The van der Waals surface area contributed by atoms with Gasteiger partial charge in [-0.05, 0) is 29.8 Å². The Kier molecular flexibility index (Phi) is 3.32. The predicted molar refractivity (Wildman–Crippen MR) is 91.9 cm³/mol. The van der Waals surface area contributed by atoms with Crippen molar-refractivity contribution < 1.29 is 0 Å². The van der Waals surface area contributed by atoms with Crippen LogP contribution in [-0.4, -0.2) is 14.5 Å². The van der Waals surface area contributed by atoms with Crippen molar-refractivity contribution in [2.45, 2.75) is 6.54 Å². The molecule has 0 spiro atoms. The summed E-state index contributed by atoms with van der Waals surface area (Å²) in [6.07, 6.45) is 3.33. The second kappa shape index (κ2) is 5.48. The third kappa shape index (κ3) is 2.47. The Balaban J connectivity index is 1.86. The maximum Gasteiger partial charge on any atom is 0.261 e. The Hall–Kier alpha value is -2.72. The molecule has 5 heteroatoms. The molecule has 0 fully saturated rings. The number of benzene rings is 2. The zero-order valence-electron chi connectivity index (χ0n) is 12.1. The van der Waals surface area contributed by atoms with Gasteiger partial charge in [-0.15, -0.1) is 0 Å². The van der Waals surface area contributed by atoms with Crippen molar-refractivity contribution >= 4 is 33.4 Å². The number of aromatic nitrogens is 3. The van der Waals surface area contributed by atoms with Gasteiger partial charge in [-0.1, -0.05) is 35.9 Å². The van der Waals surface area contributed by atoms with Crippen molar-refractivity contribution in [3.05, 3.63) is 82.0 Å². The van der Waals surface area contributed by atoms with Crippen LogP contribution in [0, 0.1) is 0 Å². The molecule has 0 unspecified atom stereocenters. The van der Waals surface area contributed by atoms with Crippen LogP contribution in [-0.2, 0) is 6.54 Å². The molecule has 2 heterocycles. The highest BCUT2D eigenvalue weighted by molar-refractivity contribution is 6.31. The molecule has 0 N–H and O–H groups in total. The lowest BCUT2D eigenvalue weighted by Crippen LogP contribution is -2.21. The van der Waals surface area contributed by atoms with E-state index in [-0.39, 0.29) is 5.56 Å². The highest BCUT2D eigenvalue weighted by Crippen LogP contribution is 2.18. The molecule has 0 aliphatic carbocycles. The molecule has 4 rings (SSSR count). The van der Waals surface area contributed by atoms with Gasteiger partial charge in [-0.3, -0.25) is 14.3 Å². The smallest absolute Gasteiger partial charge is 0.261 e. The molecule has 0 radical (unpaired) electrons. The van der Waals surface area contributed by atoms with Crippen LogP contribution >= 0.6 is 11.6 Å². The Labute approximate surface area is 137 Å². The average Bonchev–Trinajstić information content (AvgIpc) is 2.58. The van der Waals surface area contributed by atoms with Gasteiger partial charge in [0.1, 0.15) is 0 Å². The molecule has 4 aromatic rings. The zero-order valence-corrected chi connectivity index (χ0v) is 12.9. The minimum absolute atomic E-state index is 0.106. The van der Waals surface area contributed by atoms with Crippen LogP contribution in [0.25, 0.3) is 21.8 Å². The third-order valence-electron chi connectivity index (χ3n) is 3.84. The van der Waals surface area contributed by atoms with Crippen LogP contribution in [0.5, 0.6) is 0 Å². The first-order valence-electron chi connectivity index (χ1n) is 7.20. The molecule has 0 bridgehead atoms. The number of hydrogen-bond donors (Lipinski definition) is 0. The maximum atomic E-state index is 12.7.